The number of pyridine rings is 1. The van der Waals surface area contributed by atoms with Crippen LogP contribution in [0.1, 0.15) is 0 Å². The van der Waals surface area contributed by atoms with E-state index in [9.17, 15) is 20.1 Å². The summed E-state index contributed by atoms with van der Waals surface area (Å²) in [5, 5.41) is 36.2. The van der Waals surface area contributed by atoms with Gasteiger partial charge in [-0.3, -0.25) is 0 Å². The minimum atomic E-state index is -0.887. The number of aromatic hydroxyl groups is 2. The van der Waals surface area contributed by atoms with E-state index in [1.165, 1.54) is 16.7 Å². The number of phenols is 2. The van der Waals surface area contributed by atoms with Crippen LogP contribution in [-0.2, 0) is 0 Å². The van der Waals surface area contributed by atoms with Crippen LogP contribution in [0.25, 0.3) is 38.6 Å². The maximum Gasteiger partial charge on any atom is 0.343 e. The fourth-order valence-electron chi connectivity index (χ4n) is 3.74. The van der Waals surface area contributed by atoms with Gasteiger partial charge in [-0.05, 0) is 17.5 Å². The fraction of sp³-hybridized carbons (Fsp3) is 0. The summed E-state index contributed by atoms with van der Waals surface area (Å²) in [5.74, 6) is -1.09. The minimum absolute atomic E-state index is 0.0833. The quantitative estimate of drug-likeness (QED) is 0.206. The lowest BCUT2D eigenvalue weighted by atomic mass is 9.99. The molecule has 0 aliphatic rings. The third kappa shape index (κ3) is 2.58. The van der Waals surface area contributed by atoms with E-state index in [4.69, 9.17) is 4.42 Å². The van der Waals surface area contributed by atoms with Gasteiger partial charge in [0.2, 0.25) is 0 Å². The fourth-order valence-corrected chi connectivity index (χ4v) is 3.74. The number of fused-ring (bicyclic) bond motifs is 3. The van der Waals surface area contributed by atoms with Crippen LogP contribution in [0.2, 0.25) is 0 Å². The van der Waals surface area contributed by atoms with Crippen LogP contribution in [0, 0.1) is 0 Å². The Bertz CT molecular complexity index is 1490. The molecule has 0 amide bonds. The minimum Gasteiger partial charge on any atom is -0.871 e. The zero-order valence-corrected chi connectivity index (χ0v) is 15.6. The van der Waals surface area contributed by atoms with Gasteiger partial charge in [-0.25, -0.2) is 4.79 Å². The number of aromatic nitrogens is 1. The lowest BCUT2D eigenvalue weighted by Crippen LogP contribution is -2.30. The Morgan fingerprint density at radius 1 is 0.767 bits per heavy atom. The average Bonchev–Trinajstić information content (AvgIpc) is 2.76. The van der Waals surface area contributed by atoms with Gasteiger partial charge in [-0.2, -0.15) is 4.57 Å². The summed E-state index contributed by atoms with van der Waals surface area (Å²) in [5.41, 5.74) is -0.999. The van der Waals surface area contributed by atoms with E-state index in [1.54, 1.807) is 54.9 Å². The first-order valence-corrected chi connectivity index (χ1v) is 9.24. The van der Waals surface area contributed by atoms with Gasteiger partial charge in [0.1, 0.15) is 16.9 Å². The molecule has 2 N–H and O–H groups in total. The maximum absolute atomic E-state index is 13.4. The Hall–Kier alpha value is -4.32. The van der Waals surface area contributed by atoms with Crippen molar-refractivity contribution in [1.29, 1.82) is 0 Å². The Kier molecular flexibility index (Phi) is 3.93. The molecule has 5 aromatic rings. The van der Waals surface area contributed by atoms with Crippen LogP contribution >= 0.6 is 0 Å². The molecule has 0 saturated carbocycles. The van der Waals surface area contributed by atoms with E-state index in [0.29, 0.717) is 5.39 Å². The Morgan fingerprint density at radius 2 is 1.50 bits per heavy atom. The summed E-state index contributed by atoms with van der Waals surface area (Å²) < 4.78 is 7.09. The molecule has 146 valence electrons. The Labute approximate surface area is 170 Å². The summed E-state index contributed by atoms with van der Waals surface area (Å²) in [7, 11) is 0. The molecule has 3 aromatic carbocycles. The van der Waals surface area contributed by atoms with Gasteiger partial charge in [-0.15, -0.1) is 0 Å². The highest BCUT2D eigenvalue weighted by Crippen LogP contribution is 2.42. The highest BCUT2D eigenvalue weighted by atomic mass is 16.4. The Balaban J connectivity index is 1.91. The molecule has 6 heteroatoms. The van der Waals surface area contributed by atoms with Crippen LogP contribution in [0.5, 0.6) is 17.2 Å². The molecule has 0 saturated heterocycles. The number of rotatable bonds is 2. The van der Waals surface area contributed by atoms with Crippen molar-refractivity contribution >= 4 is 21.7 Å². The van der Waals surface area contributed by atoms with E-state index >= 15 is 0 Å². The van der Waals surface area contributed by atoms with Gasteiger partial charge in [-0.1, -0.05) is 48.2 Å². The normalized spacial score (nSPS) is 11.2. The molecule has 0 aliphatic heterocycles. The largest absolute Gasteiger partial charge is 0.871 e. The third-order valence-corrected chi connectivity index (χ3v) is 5.11. The lowest BCUT2D eigenvalue weighted by molar-refractivity contribution is -0.595. The van der Waals surface area contributed by atoms with Crippen molar-refractivity contribution in [2.75, 3.05) is 0 Å². The molecule has 30 heavy (non-hydrogen) atoms. The van der Waals surface area contributed by atoms with Crippen molar-refractivity contribution < 1.29 is 24.3 Å². The van der Waals surface area contributed by atoms with Gasteiger partial charge < -0.3 is 19.7 Å². The summed E-state index contributed by atoms with van der Waals surface area (Å²) in [6, 6.07) is 18.4. The van der Waals surface area contributed by atoms with Crippen LogP contribution in [0.15, 0.2) is 88.3 Å². The van der Waals surface area contributed by atoms with E-state index in [-0.39, 0.29) is 39.3 Å². The average molecular weight is 397 g/mol. The van der Waals surface area contributed by atoms with E-state index in [0.717, 1.165) is 5.39 Å². The third-order valence-electron chi connectivity index (χ3n) is 5.11. The molecule has 2 aromatic heterocycles. The van der Waals surface area contributed by atoms with Crippen molar-refractivity contribution in [2.24, 2.45) is 0 Å². The van der Waals surface area contributed by atoms with Crippen LogP contribution in [0.4, 0.5) is 0 Å². The van der Waals surface area contributed by atoms with Crippen molar-refractivity contribution in [3.8, 4) is 34.1 Å². The molecule has 2 heterocycles. The molecular weight excluding hydrogens is 382 g/mol. The van der Waals surface area contributed by atoms with Crippen molar-refractivity contribution in [1.82, 2.24) is 0 Å². The van der Waals surface area contributed by atoms with Gasteiger partial charge in [0.15, 0.2) is 18.1 Å². The van der Waals surface area contributed by atoms with Crippen LogP contribution in [-0.4, -0.2) is 10.2 Å². The predicted octanol–water partition coefficient (Wildman–Crippen LogP) is 3.37. The molecule has 0 fully saturated rings. The molecule has 0 bridgehead atoms. The van der Waals surface area contributed by atoms with E-state index in [2.05, 4.69) is 0 Å². The zero-order valence-electron chi connectivity index (χ0n) is 15.6. The van der Waals surface area contributed by atoms with Crippen molar-refractivity contribution in [2.45, 2.75) is 0 Å². The standard InChI is InChI=1S/C24H15NO5/c26-17-10-11-18(27)21(25-12-4-1-5-13-25)19(17)20-22(28)16-9-8-14-6-2-3-7-15(14)23(16)30-24(20)29/h1-13H,(H2-,26,27,28,29). The van der Waals surface area contributed by atoms with Crippen molar-refractivity contribution in [3.05, 3.63) is 89.5 Å². The zero-order chi connectivity index (χ0) is 20.8. The number of hydrogen-bond donors (Lipinski definition) is 2. The Morgan fingerprint density at radius 3 is 2.30 bits per heavy atom. The van der Waals surface area contributed by atoms with Gasteiger partial charge in [0, 0.05) is 22.9 Å². The second kappa shape index (κ2) is 6.63. The second-order valence-electron chi connectivity index (χ2n) is 6.87. The SMILES string of the molecule is O=c1oc2c(ccc3ccccc32)c([O-])c1-c1c(O)ccc(O)c1-[n+]1ccccc1. The predicted molar refractivity (Wildman–Crippen MR) is 110 cm³/mol. The molecule has 6 nitrogen and oxygen atoms in total. The number of nitrogens with zero attached hydrogens (tertiary/aromatic N) is 1. The van der Waals surface area contributed by atoms with Gasteiger partial charge in [0.25, 0.3) is 5.69 Å². The van der Waals surface area contributed by atoms with Gasteiger partial charge in [0.05, 0.1) is 5.56 Å². The number of phenolic OH excluding ortho intramolecular Hbond substituents is 2. The van der Waals surface area contributed by atoms with Crippen LogP contribution < -0.4 is 15.3 Å². The number of benzene rings is 3. The first kappa shape index (κ1) is 17.8. The van der Waals surface area contributed by atoms with Gasteiger partial charge >= 0.3 is 5.63 Å². The smallest absolute Gasteiger partial charge is 0.343 e. The first-order valence-electron chi connectivity index (χ1n) is 9.24. The summed E-state index contributed by atoms with van der Waals surface area (Å²) >= 11 is 0. The molecule has 0 aliphatic carbocycles. The summed E-state index contributed by atoms with van der Waals surface area (Å²) in [6.07, 6.45) is 3.28. The highest BCUT2D eigenvalue weighted by molar-refractivity contribution is 6.07. The first-order chi connectivity index (χ1) is 14.6. The molecule has 0 spiro atoms. The van der Waals surface area contributed by atoms with E-state index < -0.39 is 11.4 Å². The maximum atomic E-state index is 13.4. The van der Waals surface area contributed by atoms with Crippen molar-refractivity contribution in [3.63, 3.8) is 0 Å². The lowest BCUT2D eigenvalue weighted by Gasteiger charge is -2.17. The molecule has 5 rings (SSSR count). The number of hydrogen-bond acceptors (Lipinski definition) is 5. The summed E-state index contributed by atoms with van der Waals surface area (Å²) in [4.78, 5) is 13.0. The monoisotopic (exact) mass is 397 g/mol. The molecule has 0 unspecified atom stereocenters. The summed E-state index contributed by atoms with van der Waals surface area (Å²) in [6.45, 7) is 0. The van der Waals surface area contributed by atoms with E-state index in [1.807, 2.05) is 12.1 Å². The molecule has 0 radical (unpaired) electrons. The second-order valence-corrected chi connectivity index (χ2v) is 6.87. The molecule has 0 atom stereocenters. The highest BCUT2D eigenvalue weighted by Gasteiger charge is 2.27. The molecular formula is C24H15NO5. The topological polar surface area (TPSA) is 97.6 Å². The van der Waals surface area contributed by atoms with Crippen LogP contribution in [0.3, 0.4) is 0 Å².